The van der Waals surface area contributed by atoms with Crippen LogP contribution in [0.15, 0.2) is 29.3 Å². The van der Waals surface area contributed by atoms with Crippen LogP contribution in [0.25, 0.3) is 0 Å². The predicted molar refractivity (Wildman–Crippen MR) is 115 cm³/mol. The van der Waals surface area contributed by atoms with Crippen molar-refractivity contribution in [2.45, 2.75) is 19.9 Å². The van der Waals surface area contributed by atoms with Crippen molar-refractivity contribution in [3.8, 4) is 0 Å². The average Bonchev–Trinajstić information content (AvgIpc) is 2.85. The molecule has 0 radical (unpaired) electrons. The van der Waals surface area contributed by atoms with E-state index in [9.17, 15) is 0 Å². The van der Waals surface area contributed by atoms with Gasteiger partial charge in [-0.15, -0.1) is 11.3 Å². The summed E-state index contributed by atoms with van der Waals surface area (Å²) in [5, 5.41) is 5.18. The van der Waals surface area contributed by atoms with Gasteiger partial charge in [0.05, 0.1) is 23.8 Å². The zero-order valence-corrected chi connectivity index (χ0v) is 16.8. The third-order valence-electron chi connectivity index (χ3n) is 4.50. The van der Waals surface area contributed by atoms with E-state index in [-0.39, 0.29) is 0 Å². The molecule has 2 aliphatic rings. The second-order valence-corrected chi connectivity index (χ2v) is 8.69. The molecule has 3 heterocycles. The van der Waals surface area contributed by atoms with Gasteiger partial charge in [-0.25, -0.2) is 0 Å². The SMILES string of the molecule is CC(=S)N1CCc2c(sc3c2C(c2ccccc2Cl)=NCC(=S)N3)C1. The van der Waals surface area contributed by atoms with Gasteiger partial charge in [0.25, 0.3) is 0 Å². The molecule has 2 aromatic rings. The van der Waals surface area contributed by atoms with Crippen LogP contribution in [-0.4, -0.2) is 33.7 Å². The number of thiocarbonyl (C=S) groups is 2. The lowest BCUT2D eigenvalue weighted by molar-refractivity contribution is 0.404. The number of thiophene rings is 1. The highest BCUT2D eigenvalue weighted by Crippen LogP contribution is 2.40. The smallest absolute Gasteiger partial charge is 0.103 e. The molecule has 7 heteroatoms. The molecule has 0 fully saturated rings. The first-order valence-electron chi connectivity index (χ1n) is 8.04. The van der Waals surface area contributed by atoms with Crippen LogP contribution in [0.4, 0.5) is 5.00 Å². The minimum absolute atomic E-state index is 0.483. The molecule has 0 atom stereocenters. The molecule has 0 spiro atoms. The third-order valence-corrected chi connectivity index (χ3v) is 6.45. The number of hydrogen-bond donors (Lipinski definition) is 1. The number of halogens is 1. The summed E-state index contributed by atoms with van der Waals surface area (Å²) in [6.45, 7) is 4.26. The molecule has 0 saturated heterocycles. The highest BCUT2D eigenvalue weighted by molar-refractivity contribution is 7.80. The summed E-state index contributed by atoms with van der Waals surface area (Å²) in [6.07, 6.45) is 0.951. The molecule has 1 aromatic carbocycles. The van der Waals surface area contributed by atoms with Crippen molar-refractivity contribution in [1.82, 2.24) is 4.90 Å². The van der Waals surface area contributed by atoms with Crippen LogP contribution in [0, 0.1) is 0 Å². The monoisotopic (exact) mass is 405 g/mol. The van der Waals surface area contributed by atoms with Crippen LogP contribution < -0.4 is 5.32 Å². The largest absolute Gasteiger partial charge is 0.361 e. The van der Waals surface area contributed by atoms with E-state index >= 15 is 0 Å². The zero-order valence-electron chi connectivity index (χ0n) is 13.6. The van der Waals surface area contributed by atoms with Gasteiger partial charge < -0.3 is 10.2 Å². The molecule has 2 aliphatic heterocycles. The van der Waals surface area contributed by atoms with Crippen LogP contribution in [-0.2, 0) is 13.0 Å². The Labute approximate surface area is 166 Å². The van der Waals surface area contributed by atoms with Gasteiger partial charge >= 0.3 is 0 Å². The molecule has 0 bridgehead atoms. The van der Waals surface area contributed by atoms with Crippen molar-refractivity contribution in [3.05, 3.63) is 50.9 Å². The lowest BCUT2D eigenvalue weighted by Crippen LogP contribution is -2.33. The molecule has 0 saturated carbocycles. The molecular formula is C18H16ClN3S3. The molecule has 25 heavy (non-hydrogen) atoms. The molecule has 128 valence electrons. The number of rotatable bonds is 1. The Kier molecular flexibility index (Phi) is 4.62. The van der Waals surface area contributed by atoms with Crippen molar-refractivity contribution in [2.24, 2.45) is 4.99 Å². The van der Waals surface area contributed by atoms with Gasteiger partial charge in [-0.1, -0.05) is 54.2 Å². The Hall–Kier alpha value is -1.34. The molecule has 4 rings (SSSR count). The Morgan fingerprint density at radius 1 is 1.36 bits per heavy atom. The average molecular weight is 406 g/mol. The number of anilines is 1. The molecule has 3 nitrogen and oxygen atoms in total. The van der Waals surface area contributed by atoms with Crippen LogP contribution in [0.3, 0.4) is 0 Å². The van der Waals surface area contributed by atoms with Crippen molar-refractivity contribution >= 4 is 68.1 Å². The van der Waals surface area contributed by atoms with E-state index in [4.69, 9.17) is 41.0 Å². The standard InChI is InChI=1S/C18H16ClN3S3/c1-10(23)22-7-6-12-14(9-22)25-18-16(12)17(20-8-15(24)21-18)11-4-2-3-5-13(11)19/h2-5H,6-9H2,1H3,(H,21,24). The van der Waals surface area contributed by atoms with E-state index in [0.717, 1.165) is 51.3 Å². The van der Waals surface area contributed by atoms with Crippen molar-refractivity contribution in [1.29, 1.82) is 0 Å². The normalized spacial score (nSPS) is 16.5. The van der Waals surface area contributed by atoms with Gasteiger partial charge in [-0.05, 0) is 25.0 Å². The summed E-state index contributed by atoms with van der Waals surface area (Å²) in [5.74, 6) is 0. The van der Waals surface area contributed by atoms with Crippen LogP contribution in [0.2, 0.25) is 5.02 Å². The lowest BCUT2D eigenvalue weighted by atomic mass is 9.95. The first-order chi connectivity index (χ1) is 12.0. The van der Waals surface area contributed by atoms with E-state index in [0.29, 0.717) is 11.6 Å². The Morgan fingerprint density at radius 2 is 2.16 bits per heavy atom. The molecule has 0 unspecified atom stereocenters. The molecule has 0 aliphatic carbocycles. The molecular weight excluding hydrogens is 390 g/mol. The van der Waals surface area contributed by atoms with Gasteiger partial charge in [0.15, 0.2) is 0 Å². The highest BCUT2D eigenvalue weighted by atomic mass is 35.5. The summed E-state index contributed by atoms with van der Waals surface area (Å²) >= 11 is 19.0. The molecule has 0 amide bonds. The second-order valence-electron chi connectivity index (χ2n) is 6.09. The molecule has 1 N–H and O–H groups in total. The first-order valence-corrected chi connectivity index (χ1v) is 10.1. The highest BCUT2D eigenvalue weighted by Gasteiger charge is 2.29. The van der Waals surface area contributed by atoms with Crippen molar-refractivity contribution in [3.63, 3.8) is 0 Å². The Morgan fingerprint density at radius 3 is 2.92 bits per heavy atom. The minimum atomic E-state index is 0.483. The number of nitrogens with zero attached hydrogens (tertiary/aromatic N) is 2. The van der Waals surface area contributed by atoms with Crippen LogP contribution in [0.1, 0.15) is 28.5 Å². The van der Waals surface area contributed by atoms with E-state index < -0.39 is 0 Å². The first kappa shape index (κ1) is 17.1. The summed E-state index contributed by atoms with van der Waals surface area (Å²) in [7, 11) is 0. The quantitative estimate of drug-likeness (QED) is 0.696. The topological polar surface area (TPSA) is 27.6 Å². The number of nitrogens with one attached hydrogen (secondary N) is 1. The van der Waals surface area contributed by atoms with Crippen molar-refractivity contribution in [2.75, 3.05) is 18.4 Å². The predicted octanol–water partition coefficient (Wildman–Crippen LogP) is 4.70. The fourth-order valence-electron chi connectivity index (χ4n) is 3.28. The summed E-state index contributed by atoms with van der Waals surface area (Å²) in [5.41, 5.74) is 4.42. The summed E-state index contributed by atoms with van der Waals surface area (Å²) < 4.78 is 0. The Bertz CT molecular complexity index is 916. The minimum Gasteiger partial charge on any atom is -0.361 e. The van der Waals surface area contributed by atoms with E-state index in [1.165, 1.54) is 10.4 Å². The Balaban J connectivity index is 1.87. The second kappa shape index (κ2) is 6.76. The van der Waals surface area contributed by atoms with Gasteiger partial charge in [0.1, 0.15) is 9.99 Å². The lowest BCUT2D eigenvalue weighted by Gasteiger charge is -2.28. The number of fused-ring (bicyclic) bond motifs is 3. The molecule has 1 aromatic heterocycles. The number of aliphatic imine (C=N–C) groups is 1. The fraction of sp³-hybridized carbons (Fsp3) is 0.278. The maximum absolute atomic E-state index is 6.47. The summed E-state index contributed by atoms with van der Waals surface area (Å²) in [6, 6.07) is 7.87. The maximum atomic E-state index is 6.47. The van der Waals surface area contributed by atoms with Crippen molar-refractivity contribution < 1.29 is 0 Å². The third kappa shape index (κ3) is 3.12. The van der Waals surface area contributed by atoms with E-state index in [1.807, 2.05) is 31.2 Å². The van der Waals surface area contributed by atoms with Crippen LogP contribution in [0.5, 0.6) is 0 Å². The summed E-state index contributed by atoms with van der Waals surface area (Å²) in [4.78, 5) is 10.1. The van der Waals surface area contributed by atoms with Gasteiger partial charge in [-0.2, -0.15) is 0 Å². The maximum Gasteiger partial charge on any atom is 0.103 e. The number of hydrogen-bond acceptors (Lipinski definition) is 4. The van der Waals surface area contributed by atoms with Gasteiger partial charge in [0.2, 0.25) is 0 Å². The van der Waals surface area contributed by atoms with E-state index in [1.54, 1.807) is 11.3 Å². The fourth-order valence-corrected chi connectivity index (χ4v) is 5.18. The van der Waals surface area contributed by atoms with E-state index in [2.05, 4.69) is 10.2 Å². The van der Waals surface area contributed by atoms with Gasteiger partial charge in [0, 0.05) is 27.6 Å². The zero-order chi connectivity index (χ0) is 17.6. The number of benzene rings is 1. The van der Waals surface area contributed by atoms with Gasteiger partial charge in [-0.3, -0.25) is 4.99 Å². The van der Waals surface area contributed by atoms with Crippen LogP contribution >= 0.6 is 47.4 Å².